The molecule has 4 aromatic rings. The van der Waals surface area contributed by atoms with Crippen LogP contribution in [-0.2, 0) is 78.6 Å². The topological polar surface area (TPSA) is 342 Å². The number of halogens is 18. The lowest BCUT2D eigenvalue weighted by molar-refractivity contribution is -0.169. The SMILES string of the molecule is BrC/C=C/CBr.BrCCCCCCCCCBr.BrCCOCCBr.CC(CCBr)CCBr.COC(CBr)(CBr)OC.COc1cc(-c2ccc(N=C=O)c(OC)c2)ccc1N=C=O.ClCc1cccc(CCl)c1.ICCOCCOCCI.NC(=O)C(Br)CBr.O=C(NCCCl)C(=O)NCCCl.O=C=NCCCCCCCCCCCCN=C=O.O=C=Nc1cccc(N=C=O)c1. The van der Waals surface area contributed by atoms with Gasteiger partial charge in [-0.2, -0.15) is 20.0 Å². The van der Waals surface area contributed by atoms with Gasteiger partial charge < -0.3 is 49.5 Å². The molecule has 0 heterocycles. The molecule has 0 fully saturated rings. The van der Waals surface area contributed by atoms with E-state index < -0.39 is 17.6 Å². The standard InChI is InChI=1S/C16H12N2O4.C14H24N2O2.C9H18Br2.C8H8Cl2.C8H4N2O2.C6H12Br2.C6H10Cl2N2O2.C6H12I2O2.C5H10Br2O2.C4H8Br2O.C4H6Br2.C3H5Br2NO/c1-21-15-7-11(3-5-13(15)17-9-19)12-4-6-14(18-10-20)16(8-12)22-2;17-13-15-11-9-7-5-3-1-2-4-6-8-10-12-16-14-18;10-8-6-4-2-1-3-5-7-9-11;9-5-7-2-1-3-8(4-7)6-10;11-5-9-7-2-1-3-8(4-7)10-6-12;1-6(2-4-7)3-5-8;7-1-3-9-5(11)6(12)10-4-2-8;7-1-3-9-5-6-10-4-2-8;1-8-5(3-6,4-7)9-2;5-1-3-7-4-2-6;5-3-1-2-4-6;4-1-2(5)3(6)7/h3-8H,1-2H3;1-12H2;1-9H2;1-4H,5-6H2;1-4H;6H,2-5H2,1H3;1-4H2,(H,9,11)(H,10,12);1-6H2;3-4H2,1-2H3;1-4H2;1-2H,3-4H2;2H,1H2,(H2,6,7)/b;;;;;;;;;;2-1+;. The highest BCUT2D eigenvalue weighted by molar-refractivity contribution is 14.1. The lowest BCUT2D eigenvalue weighted by atomic mass is 10.0. The first kappa shape index (κ1) is 146. The molecule has 4 aromatic carbocycles. The Morgan fingerprint density at radius 3 is 1.05 bits per heavy atom. The molecule has 0 radical (unpaired) electrons. The molecule has 4 N–H and O–H groups in total. The molecule has 25 nitrogen and oxygen atoms in total. The van der Waals surface area contributed by atoms with Gasteiger partial charge in [-0.05, 0) is 109 Å². The van der Waals surface area contributed by atoms with Crippen LogP contribution in [0.15, 0.2) is 127 Å². The van der Waals surface area contributed by atoms with Crippen LogP contribution in [0.4, 0.5) is 22.7 Å². The van der Waals surface area contributed by atoms with Gasteiger partial charge in [0.1, 0.15) is 27.7 Å². The van der Waals surface area contributed by atoms with Gasteiger partial charge in [-0.3, -0.25) is 14.4 Å². The molecule has 0 aliphatic heterocycles. The Balaban J connectivity index is -0.000000216. The van der Waals surface area contributed by atoms with Gasteiger partial charge in [-0.25, -0.2) is 38.8 Å². The summed E-state index contributed by atoms with van der Waals surface area (Å²) in [6, 6.07) is 24.7. The number of aliphatic imine (C=N–C) groups is 6. The highest BCUT2D eigenvalue weighted by Gasteiger charge is 2.26. The second-order valence-corrected chi connectivity index (χ2v) is 37.8. The number of carbonyl (C=O) groups excluding carboxylic acids is 9. The summed E-state index contributed by atoms with van der Waals surface area (Å²) in [4.78, 5) is 112. The molecular weight excluding hydrogens is 2810 g/mol. The number of unbranched alkanes of at least 4 members (excludes halogenated alkanes) is 15. The van der Waals surface area contributed by atoms with Crippen molar-refractivity contribution in [2.24, 2.45) is 41.6 Å². The summed E-state index contributed by atoms with van der Waals surface area (Å²) >= 11 is 65.7. The minimum Gasteiger partial charge on any atom is -0.494 e. The highest BCUT2D eigenvalue weighted by Crippen LogP contribution is 2.37. The lowest BCUT2D eigenvalue weighted by Gasteiger charge is -2.25. The van der Waals surface area contributed by atoms with Gasteiger partial charge in [-0.1, -0.05) is 381 Å². The van der Waals surface area contributed by atoms with E-state index in [4.69, 9.17) is 85.3 Å². The van der Waals surface area contributed by atoms with Crippen molar-refractivity contribution in [1.29, 1.82) is 0 Å². The number of nitrogens with zero attached hydrogens (tertiary/aromatic N) is 6. The molecule has 0 saturated heterocycles. The van der Waals surface area contributed by atoms with Crippen LogP contribution in [0.25, 0.3) is 11.1 Å². The monoisotopic (exact) mass is 2920 g/mol. The van der Waals surface area contributed by atoms with Gasteiger partial charge in [0.2, 0.25) is 42.4 Å². The van der Waals surface area contributed by atoms with E-state index in [0.29, 0.717) is 75.1 Å². The van der Waals surface area contributed by atoms with Crippen LogP contribution in [0.5, 0.6) is 11.5 Å². The van der Waals surface area contributed by atoms with Crippen LogP contribution in [0.1, 0.15) is 140 Å². The average Bonchev–Trinajstić information content (AvgIpc) is 0.817. The third-order valence-electron chi connectivity index (χ3n) is 15.6. The molecule has 0 spiro atoms. The largest absolute Gasteiger partial charge is 0.494 e. The molecule has 43 heteroatoms. The van der Waals surface area contributed by atoms with Gasteiger partial charge >= 0.3 is 11.8 Å². The number of primary amides is 1. The number of isocyanates is 6. The van der Waals surface area contributed by atoms with Crippen LogP contribution >= 0.6 is 283 Å². The van der Waals surface area contributed by atoms with Crippen molar-refractivity contribution in [2.45, 2.75) is 151 Å². The summed E-state index contributed by atoms with van der Waals surface area (Å²) in [6.45, 7) is 8.89. The number of rotatable bonds is 57. The molecule has 0 bridgehead atoms. The Hall–Kier alpha value is -0.910. The summed E-state index contributed by atoms with van der Waals surface area (Å²) in [5, 5.41) is 14.9. The van der Waals surface area contributed by atoms with E-state index in [0.717, 1.165) is 134 Å². The van der Waals surface area contributed by atoms with Crippen molar-refractivity contribution >= 4 is 360 Å². The maximum atomic E-state index is 10.8. The Morgan fingerprint density at radius 1 is 0.447 bits per heavy atom. The third kappa shape index (κ3) is 105. The van der Waals surface area contributed by atoms with Gasteiger partial charge in [-0.15, -0.1) is 46.4 Å². The molecule has 4 rings (SSSR count). The average molecular weight is 2940 g/mol. The first-order valence-corrected chi connectivity index (χ1v) is 59.9. The Labute approximate surface area is 932 Å². The smallest absolute Gasteiger partial charge is 0.309 e. The zero-order valence-electron chi connectivity index (χ0n) is 75.5. The van der Waals surface area contributed by atoms with Gasteiger partial charge in [0.05, 0.1) is 89.0 Å². The zero-order chi connectivity index (χ0) is 101. The van der Waals surface area contributed by atoms with Crippen LogP contribution in [-0.4, -0.2) is 238 Å². The Bertz CT molecular complexity index is 3470. The number of alkyl halides is 18. The predicted molar refractivity (Wildman–Crippen MR) is 608 cm³/mol. The molecular formula is C89H129Br12Cl4I2N9O16. The number of amides is 3. The second kappa shape index (κ2) is 122. The molecule has 0 aliphatic carbocycles. The van der Waals surface area contributed by atoms with Crippen molar-refractivity contribution in [3.05, 3.63) is 108 Å². The number of nitrogens with two attached hydrogens (primary N) is 1. The predicted octanol–water partition coefficient (Wildman–Crippen LogP) is 27.5. The first-order valence-electron chi connectivity index (χ1n) is 41.4. The van der Waals surface area contributed by atoms with Crippen molar-refractivity contribution < 1.29 is 76.3 Å². The van der Waals surface area contributed by atoms with E-state index >= 15 is 0 Å². The summed E-state index contributed by atoms with van der Waals surface area (Å²) in [5.41, 5.74) is 10.4. The van der Waals surface area contributed by atoms with Crippen LogP contribution in [0, 0.1) is 5.92 Å². The number of methoxy groups -OCH3 is 4. The van der Waals surface area contributed by atoms with E-state index in [1.165, 1.54) is 152 Å². The number of carbonyl (C=O) groups is 3. The van der Waals surface area contributed by atoms with Gasteiger partial charge in [0, 0.05) is 108 Å². The maximum Gasteiger partial charge on any atom is 0.309 e. The number of hydrogen-bond acceptors (Lipinski definition) is 22. The number of ether oxygens (including phenoxy) is 7. The number of hydrogen-bond donors (Lipinski definition) is 3. The molecule has 752 valence electrons. The van der Waals surface area contributed by atoms with Crippen molar-refractivity contribution in [3.8, 4) is 22.6 Å². The van der Waals surface area contributed by atoms with Crippen LogP contribution in [0.2, 0.25) is 0 Å². The highest BCUT2D eigenvalue weighted by atomic mass is 127. The molecule has 0 aliphatic rings. The normalized spacial score (nSPS) is 9.94. The maximum absolute atomic E-state index is 10.8. The fourth-order valence-electron chi connectivity index (χ4n) is 8.67. The number of benzene rings is 4. The van der Waals surface area contributed by atoms with E-state index in [9.17, 15) is 43.2 Å². The summed E-state index contributed by atoms with van der Waals surface area (Å²) in [6.07, 6.45) is 37.3. The van der Waals surface area contributed by atoms with Gasteiger partial charge in [0.15, 0.2) is 5.79 Å². The number of allylic oxidation sites excluding steroid dienone is 2. The minimum atomic E-state index is -0.680. The quantitative estimate of drug-likeness (QED) is 0.00540. The second-order valence-electron chi connectivity index (χ2n) is 25.5. The van der Waals surface area contributed by atoms with Crippen LogP contribution in [0.3, 0.4) is 0 Å². The third-order valence-corrected chi connectivity index (χ3v) is 24.9. The molecule has 132 heavy (non-hydrogen) atoms. The van der Waals surface area contributed by atoms with Crippen LogP contribution < -0.4 is 25.8 Å². The van der Waals surface area contributed by atoms with E-state index in [2.05, 4.69) is 296 Å². The Kier molecular flexibility index (Phi) is 136. The lowest BCUT2D eigenvalue weighted by Crippen LogP contribution is -2.41. The van der Waals surface area contributed by atoms with E-state index in [1.807, 2.05) is 24.3 Å². The fourth-order valence-corrected chi connectivity index (χ4v) is 15.3. The number of nitrogens with one attached hydrogen (secondary N) is 2. The first-order chi connectivity index (χ1) is 64.0. The minimum absolute atomic E-state index is 0.229. The van der Waals surface area contributed by atoms with E-state index in [1.54, 1.807) is 81.0 Å². The summed E-state index contributed by atoms with van der Waals surface area (Å²) < 4.78 is 38.1. The van der Waals surface area contributed by atoms with Crippen molar-refractivity contribution in [1.82, 2.24) is 10.6 Å². The fraction of sp³-hybridized carbons (Fsp3) is 0.607. The van der Waals surface area contributed by atoms with E-state index in [-0.39, 0.29) is 35.6 Å². The summed E-state index contributed by atoms with van der Waals surface area (Å²) in [5.74, 6) is 1.27. The van der Waals surface area contributed by atoms with Gasteiger partial charge in [0.25, 0.3) is 0 Å². The molecule has 0 aromatic heterocycles. The zero-order valence-corrected chi connectivity index (χ0v) is 102. The molecule has 1 unspecified atom stereocenters. The molecule has 3 amide bonds. The van der Waals surface area contributed by atoms with Crippen molar-refractivity contribution in [3.63, 3.8) is 0 Å². The molecule has 1 atom stereocenters. The van der Waals surface area contributed by atoms with Crippen molar-refractivity contribution in [2.75, 3.05) is 174 Å². The molecule has 0 saturated carbocycles. The Morgan fingerprint density at radius 2 is 0.795 bits per heavy atom. The summed E-state index contributed by atoms with van der Waals surface area (Å²) in [7, 11) is 6.22.